The Kier molecular flexibility index (Phi) is 10.4. The highest BCUT2D eigenvalue weighted by Gasteiger charge is 2.25. The molecule has 0 spiro atoms. The second-order valence-corrected chi connectivity index (χ2v) is 13.7. The monoisotopic (exact) mass is 709 g/mol. The van der Waals surface area contributed by atoms with Gasteiger partial charge in [0.25, 0.3) is 5.91 Å². The number of aromatic nitrogens is 3. The number of carbonyl (C=O) groups excluding carboxylic acids is 2. The number of fused-ring (bicyclic) bond motifs is 2. The second kappa shape index (κ2) is 15.6. The molecule has 2 amide bonds. The smallest absolute Gasteiger partial charge is 0.326 e. The van der Waals surface area contributed by atoms with Gasteiger partial charge < -0.3 is 25.0 Å². The lowest BCUT2D eigenvalue weighted by molar-refractivity contribution is -0.139. The number of para-hydroxylation sites is 1. The highest BCUT2D eigenvalue weighted by atomic mass is 16.5. The van der Waals surface area contributed by atoms with Gasteiger partial charge in [-0.25, -0.2) is 4.79 Å². The molecule has 0 saturated carbocycles. The fraction of sp³-hybridized carbons (Fsp3) is 0.256. The van der Waals surface area contributed by atoms with Gasteiger partial charge in [-0.1, -0.05) is 54.6 Å². The van der Waals surface area contributed by atoms with Crippen LogP contribution in [0.15, 0.2) is 104 Å². The predicted molar refractivity (Wildman–Crippen MR) is 205 cm³/mol. The number of hydrogen-bond donors (Lipinski definition) is 3. The van der Waals surface area contributed by atoms with Gasteiger partial charge in [0.15, 0.2) is 0 Å². The van der Waals surface area contributed by atoms with Crippen molar-refractivity contribution >= 4 is 34.4 Å². The summed E-state index contributed by atoms with van der Waals surface area (Å²) in [7, 11) is 0. The minimum atomic E-state index is -1.10. The summed E-state index contributed by atoms with van der Waals surface area (Å²) in [4.78, 5) is 43.9. The zero-order chi connectivity index (χ0) is 36.9. The van der Waals surface area contributed by atoms with Crippen molar-refractivity contribution in [2.75, 3.05) is 18.1 Å². The van der Waals surface area contributed by atoms with Crippen molar-refractivity contribution in [3.63, 3.8) is 0 Å². The average molecular weight is 710 g/mol. The summed E-state index contributed by atoms with van der Waals surface area (Å²) in [5.74, 6) is -0.590. The predicted octanol–water partition coefficient (Wildman–Crippen LogP) is 7.26. The first kappa shape index (κ1) is 35.3. The molecular weight excluding hydrogens is 667 g/mol. The van der Waals surface area contributed by atoms with Gasteiger partial charge in [-0.15, -0.1) is 0 Å². The molecule has 0 fully saturated rings. The summed E-state index contributed by atoms with van der Waals surface area (Å²) in [6.45, 7) is 5.71. The summed E-state index contributed by atoms with van der Waals surface area (Å²) in [6.07, 6.45) is 8.55. The molecule has 1 atom stereocenters. The number of carboxylic acid groups (broad SMARTS) is 1. The van der Waals surface area contributed by atoms with Gasteiger partial charge in [-0.3, -0.25) is 14.3 Å². The van der Waals surface area contributed by atoms with Gasteiger partial charge in [0.1, 0.15) is 11.8 Å². The largest absolute Gasteiger partial charge is 0.493 e. The SMILES string of the molecule is Cc1cccc(OCCCC(=O)N2CCCc3c(-c4cnn(Cc5cccc(C(=O)NC(Cc6c[nH]c7ccccc67)C(=O)O)c5)c4)cccc32)c1C. The topological polar surface area (TPSA) is 130 Å². The van der Waals surface area contributed by atoms with E-state index in [0.29, 0.717) is 38.1 Å². The maximum absolute atomic E-state index is 13.4. The van der Waals surface area contributed by atoms with Crippen LogP contribution in [-0.4, -0.2) is 56.8 Å². The third-order valence-corrected chi connectivity index (χ3v) is 10.1. The summed E-state index contributed by atoms with van der Waals surface area (Å²) < 4.78 is 7.82. The Morgan fingerprint density at radius 2 is 1.83 bits per heavy atom. The van der Waals surface area contributed by atoms with Crippen LogP contribution in [0, 0.1) is 13.8 Å². The second-order valence-electron chi connectivity index (χ2n) is 13.7. The van der Waals surface area contributed by atoms with E-state index in [1.165, 1.54) is 5.56 Å². The van der Waals surface area contributed by atoms with E-state index in [0.717, 1.165) is 68.6 Å². The highest BCUT2D eigenvalue weighted by Crippen LogP contribution is 2.36. The molecule has 0 saturated heterocycles. The first-order valence-electron chi connectivity index (χ1n) is 18.1. The maximum Gasteiger partial charge on any atom is 0.326 e. The molecular formula is C43H43N5O5. The number of carbonyl (C=O) groups is 3. The number of carboxylic acids is 1. The molecule has 6 aromatic rings. The fourth-order valence-electron chi connectivity index (χ4n) is 7.12. The van der Waals surface area contributed by atoms with Crippen molar-refractivity contribution in [3.8, 4) is 16.9 Å². The minimum absolute atomic E-state index is 0.0971. The van der Waals surface area contributed by atoms with Crippen molar-refractivity contribution in [3.05, 3.63) is 137 Å². The molecule has 4 aromatic carbocycles. The highest BCUT2D eigenvalue weighted by molar-refractivity contribution is 5.97. The lowest BCUT2D eigenvalue weighted by Crippen LogP contribution is -2.42. The van der Waals surface area contributed by atoms with Crippen molar-refractivity contribution in [1.82, 2.24) is 20.1 Å². The van der Waals surface area contributed by atoms with Crippen LogP contribution in [0.3, 0.4) is 0 Å². The molecule has 10 nitrogen and oxygen atoms in total. The molecule has 0 aliphatic carbocycles. The fourth-order valence-corrected chi connectivity index (χ4v) is 7.12. The summed E-state index contributed by atoms with van der Waals surface area (Å²) in [5.41, 5.74) is 9.36. The lowest BCUT2D eigenvalue weighted by Gasteiger charge is -2.31. The van der Waals surface area contributed by atoms with Crippen LogP contribution in [-0.2, 0) is 29.0 Å². The number of hydrogen-bond acceptors (Lipinski definition) is 5. The summed E-state index contributed by atoms with van der Waals surface area (Å²) in [5, 5.41) is 18.2. The zero-order valence-electron chi connectivity index (χ0n) is 30.0. The minimum Gasteiger partial charge on any atom is -0.493 e. The van der Waals surface area contributed by atoms with E-state index < -0.39 is 17.9 Å². The number of aryl methyl sites for hydroxylation is 1. The maximum atomic E-state index is 13.4. The van der Waals surface area contributed by atoms with E-state index in [-0.39, 0.29) is 12.3 Å². The molecule has 1 aliphatic rings. The number of rotatable bonds is 13. The van der Waals surface area contributed by atoms with Crippen molar-refractivity contribution < 1.29 is 24.2 Å². The number of benzene rings is 4. The summed E-state index contributed by atoms with van der Waals surface area (Å²) in [6, 6.07) is 25.9. The molecule has 3 N–H and O–H groups in total. The molecule has 10 heteroatoms. The average Bonchev–Trinajstić information content (AvgIpc) is 3.81. The van der Waals surface area contributed by atoms with Crippen LogP contribution in [0.2, 0.25) is 0 Å². The van der Waals surface area contributed by atoms with Gasteiger partial charge in [-0.05, 0) is 96.8 Å². The molecule has 1 aliphatic heterocycles. The van der Waals surface area contributed by atoms with E-state index in [1.807, 2.05) is 76.6 Å². The number of nitrogens with zero attached hydrogens (tertiary/aromatic N) is 3. The molecule has 7 rings (SSSR count). The number of amides is 2. The van der Waals surface area contributed by atoms with E-state index >= 15 is 0 Å². The lowest BCUT2D eigenvalue weighted by atomic mass is 9.93. The van der Waals surface area contributed by atoms with Crippen LogP contribution in [0.25, 0.3) is 22.0 Å². The molecule has 1 unspecified atom stereocenters. The molecule has 53 heavy (non-hydrogen) atoms. The first-order chi connectivity index (χ1) is 25.7. The Balaban J connectivity index is 0.990. The van der Waals surface area contributed by atoms with Gasteiger partial charge >= 0.3 is 5.97 Å². The molecule has 270 valence electrons. The van der Waals surface area contributed by atoms with Crippen molar-refractivity contribution in [1.29, 1.82) is 0 Å². The third kappa shape index (κ3) is 7.86. The normalized spacial score (nSPS) is 13.1. The Morgan fingerprint density at radius 1 is 1.00 bits per heavy atom. The quantitative estimate of drug-likeness (QED) is 0.108. The van der Waals surface area contributed by atoms with E-state index in [4.69, 9.17) is 4.74 Å². The third-order valence-electron chi connectivity index (χ3n) is 10.1. The molecule has 0 radical (unpaired) electrons. The Bertz CT molecular complexity index is 2290. The Hall–Kier alpha value is -6.16. The van der Waals surface area contributed by atoms with Gasteiger partial charge in [-0.2, -0.15) is 5.10 Å². The van der Waals surface area contributed by atoms with Crippen LogP contribution >= 0.6 is 0 Å². The number of nitrogens with one attached hydrogen (secondary N) is 2. The number of aliphatic carboxylic acids is 1. The standard InChI is InChI=1S/C43H43N5O5/c1-28-10-5-18-40(29(28)2)53-21-9-19-41(49)48-20-8-15-36-34(14-7-17-39(36)48)33-25-45-47(27-33)26-30-11-6-12-31(22-30)42(50)46-38(43(51)52)23-32-24-44-37-16-4-3-13-35(32)37/h3-7,10-14,16-18,22,24-25,27,38,44H,8-9,15,19-21,23,26H2,1-2H3,(H,46,50)(H,51,52). The number of H-pyrrole nitrogens is 1. The molecule has 0 bridgehead atoms. The van der Waals surface area contributed by atoms with Crippen LogP contribution in [0.1, 0.15) is 57.4 Å². The summed E-state index contributed by atoms with van der Waals surface area (Å²) >= 11 is 0. The van der Waals surface area contributed by atoms with Crippen molar-refractivity contribution in [2.24, 2.45) is 0 Å². The number of anilines is 1. The van der Waals surface area contributed by atoms with Gasteiger partial charge in [0.2, 0.25) is 5.91 Å². The molecule has 3 heterocycles. The molecule has 2 aromatic heterocycles. The van der Waals surface area contributed by atoms with E-state index in [1.54, 1.807) is 24.4 Å². The van der Waals surface area contributed by atoms with Gasteiger partial charge in [0, 0.05) is 59.5 Å². The van der Waals surface area contributed by atoms with Crippen LogP contribution in [0.5, 0.6) is 5.75 Å². The van der Waals surface area contributed by atoms with Crippen LogP contribution in [0.4, 0.5) is 5.69 Å². The van der Waals surface area contributed by atoms with Crippen molar-refractivity contribution in [2.45, 2.75) is 58.5 Å². The Morgan fingerprint density at radius 3 is 2.70 bits per heavy atom. The first-order valence-corrected chi connectivity index (χ1v) is 18.1. The van der Waals surface area contributed by atoms with E-state index in [9.17, 15) is 19.5 Å². The van der Waals surface area contributed by atoms with Gasteiger partial charge in [0.05, 0.1) is 19.3 Å². The zero-order valence-corrected chi connectivity index (χ0v) is 30.0. The van der Waals surface area contributed by atoms with Crippen LogP contribution < -0.4 is 15.0 Å². The van der Waals surface area contributed by atoms with E-state index in [2.05, 4.69) is 41.4 Å². The number of ether oxygens (including phenoxy) is 1. The Labute approximate surface area is 308 Å². The number of aromatic amines is 1.